The highest BCUT2D eigenvalue weighted by molar-refractivity contribution is 5.97. The summed E-state index contributed by atoms with van der Waals surface area (Å²) < 4.78 is 15.7. The standard InChI is InChI=1S/C31H45N5O9/c1-20(2)14-23(34-30(42)25(33-21(3)37)18-44-27(39)17-36-10-12-43-13-11-36)29(41)35-24(15-22-8-6-5-7-9-22)28(40)32-16-26(38)31(4)19-45-31/h5-9,20,23-25H,10-19H2,1-4H3,(H,32,40)(H,33,37)(H,34,42)(H,35,41)/t23-,24-,25-,31+/m0/s1. The Morgan fingerprint density at radius 2 is 1.53 bits per heavy atom. The normalized spacial score (nSPS) is 19.8. The Bertz CT molecular complexity index is 1200. The predicted molar refractivity (Wildman–Crippen MR) is 162 cm³/mol. The number of nitrogens with zero attached hydrogens (tertiary/aromatic N) is 1. The molecule has 0 saturated carbocycles. The van der Waals surface area contributed by atoms with E-state index in [2.05, 4.69) is 21.3 Å². The van der Waals surface area contributed by atoms with Gasteiger partial charge in [0.25, 0.3) is 0 Å². The first-order valence-corrected chi connectivity index (χ1v) is 15.2. The Balaban J connectivity index is 1.67. The SMILES string of the molecule is CC(=O)N[C@@H](COC(=O)CN1CCOCC1)C(=O)N[C@@H](CC(C)C)C(=O)N[C@@H](Cc1ccccc1)C(=O)NCC(=O)[C@@]1(C)CO1. The number of carbonyl (C=O) groups is 6. The minimum Gasteiger partial charge on any atom is -0.462 e. The van der Waals surface area contributed by atoms with Crippen molar-refractivity contribution in [2.24, 2.45) is 5.92 Å². The summed E-state index contributed by atoms with van der Waals surface area (Å²) in [5.74, 6) is -3.32. The summed E-state index contributed by atoms with van der Waals surface area (Å²) in [4.78, 5) is 78.6. The van der Waals surface area contributed by atoms with Crippen molar-refractivity contribution in [1.29, 1.82) is 0 Å². The lowest BCUT2D eigenvalue weighted by Crippen LogP contribution is -2.58. The molecule has 0 unspecified atom stereocenters. The number of esters is 1. The van der Waals surface area contributed by atoms with E-state index in [1.54, 1.807) is 19.1 Å². The minimum atomic E-state index is -1.25. The summed E-state index contributed by atoms with van der Waals surface area (Å²) in [6.45, 7) is 8.36. The van der Waals surface area contributed by atoms with E-state index in [-0.39, 0.29) is 44.2 Å². The quantitative estimate of drug-likeness (QED) is 0.124. The first-order chi connectivity index (χ1) is 21.4. The van der Waals surface area contributed by atoms with E-state index < -0.39 is 59.9 Å². The Morgan fingerprint density at radius 1 is 0.911 bits per heavy atom. The van der Waals surface area contributed by atoms with Crippen LogP contribution in [0.2, 0.25) is 0 Å². The summed E-state index contributed by atoms with van der Waals surface area (Å²) >= 11 is 0. The smallest absolute Gasteiger partial charge is 0.320 e. The lowest BCUT2D eigenvalue weighted by Gasteiger charge is -2.27. The molecule has 3 rings (SSSR count). The summed E-state index contributed by atoms with van der Waals surface area (Å²) in [6, 6.07) is 5.66. The third-order valence-electron chi connectivity index (χ3n) is 7.41. The molecule has 45 heavy (non-hydrogen) atoms. The van der Waals surface area contributed by atoms with Crippen molar-refractivity contribution in [3.63, 3.8) is 0 Å². The zero-order valence-electron chi connectivity index (χ0n) is 26.4. The van der Waals surface area contributed by atoms with Gasteiger partial charge >= 0.3 is 5.97 Å². The number of Topliss-reactive ketones (excluding diaryl/α,β-unsaturated/α-hetero) is 1. The molecule has 0 aromatic heterocycles. The van der Waals surface area contributed by atoms with Crippen LogP contribution < -0.4 is 21.3 Å². The van der Waals surface area contributed by atoms with Gasteiger partial charge in [-0.2, -0.15) is 0 Å². The van der Waals surface area contributed by atoms with Crippen LogP contribution in [0.4, 0.5) is 0 Å². The van der Waals surface area contributed by atoms with Crippen LogP contribution in [0.25, 0.3) is 0 Å². The molecule has 1 aromatic rings. The van der Waals surface area contributed by atoms with Crippen LogP contribution in [0.5, 0.6) is 0 Å². The molecule has 4 amide bonds. The molecular weight excluding hydrogens is 586 g/mol. The van der Waals surface area contributed by atoms with Gasteiger partial charge in [0.2, 0.25) is 23.6 Å². The number of morpholine rings is 1. The zero-order chi connectivity index (χ0) is 33.0. The topological polar surface area (TPSA) is 185 Å². The first-order valence-electron chi connectivity index (χ1n) is 15.2. The van der Waals surface area contributed by atoms with Gasteiger partial charge in [0.1, 0.15) is 30.3 Å². The van der Waals surface area contributed by atoms with Crippen LogP contribution in [0, 0.1) is 5.92 Å². The fourth-order valence-corrected chi connectivity index (χ4v) is 4.65. The molecule has 2 aliphatic rings. The number of nitrogens with one attached hydrogen (secondary N) is 4. The molecule has 4 N–H and O–H groups in total. The van der Waals surface area contributed by atoms with Crippen LogP contribution in [-0.2, 0) is 49.4 Å². The Hall–Kier alpha value is -3.88. The first kappa shape index (κ1) is 35.6. The second kappa shape index (κ2) is 17.0. The van der Waals surface area contributed by atoms with E-state index in [0.29, 0.717) is 26.3 Å². The Morgan fingerprint density at radius 3 is 2.13 bits per heavy atom. The van der Waals surface area contributed by atoms with Gasteiger partial charge in [0.15, 0.2) is 5.78 Å². The van der Waals surface area contributed by atoms with Crippen LogP contribution in [0.1, 0.15) is 39.7 Å². The number of hydrogen-bond donors (Lipinski definition) is 4. The second-order valence-corrected chi connectivity index (χ2v) is 11.9. The van der Waals surface area contributed by atoms with Crippen molar-refractivity contribution < 1.29 is 43.0 Å². The van der Waals surface area contributed by atoms with Crippen LogP contribution in [0.15, 0.2) is 30.3 Å². The van der Waals surface area contributed by atoms with Crippen LogP contribution in [-0.4, -0.2) is 117 Å². The molecular formula is C31H45N5O9. The monoisotopic (exact) mass is 631 g/mol. The summed E-state index contributed by atoms with van der Waals surface area (Å²) in [5, 5.41) is 10.5. The van der Waals surface area contributed by atoms with Crippen molar-refractivity contribution in [2.45, 2.75) is 64.3 Å². The van der Waals surface area contributed by atoms with E-state index in [1.807, 2.05) is 36.9 Å². The summed E-state index contributed by atoms with van der Waals surface area (Å²) in [6.07, 6.45) is 0.353. The van der Waals surface area contributed by atoms with Gasteiger partial charge in [-0.15, -0.1) is 0 Å². The maximum atomic E-state index is 13.6. The number of benzene rings is 1. The molecule has 2 fully saturated rings. The van der Waals surface area contributed by atoms with Crippen LogP contribution in [0.3, 0.4) is 0 Å². The maximum absolute atomic E-state index is 13.6. The second-order valence-electron chi connectivity index (χ2n) is 11.9. The molecule has 14 heteroatoms. The highest BCUT2D eigenvalue weighted by atomic mass is 16.6. The molecule has 1 aromatic carbocycles. The third-order valence-corrected chi connectivity index (χ3v) is 7.41. The molecule has 0 radical (unpaired) electrons. The van der Waals surface area contributed by atoms with Crippen molar-refractivity contribution in [3.8, 4) is 0 Å². The lowest BCUT2D eigenvalue weighted by molar-refractivity contribution is -0.148. The number of ketones is 1. The molecule has 2 aliphatic heterocycles. The number of ether oxygens (including phenoxy) is 3. The predicted octanol–water partition coefficient (Wildman–Crippen LogP) is -0.901. The minimum absolute atomic E-state index is 0.0128. The number of carbonyl (C=O) groups excluding carboxylic acids is 6. The van der Waals surface area contributed by atoms with E-state index >= 15 is 0 Å². The number of hydrogen-bond acceptors (Lipinski definition) is 10. The fraction of sp³-hybridized carbons (Fsp3) is 0.613. The third kappa shape index (κ3) is 12.2. The molecule has 248 valence electrons. The molecule has 2 heterocycles. The molecule has 0 spiro atoms. The van der Waals surface area contributed by atoms with E-state index in [9.17, 15) is 28.8 Å². The van der Waals surface area contributed by atoms with E-state index in [0.717, 1.165) is 5.56 Å². The van der Waals surface area contributed by atoms with Crippen LogP contribution >= 0.6 is 0 Å². The van der Waals surface area contributed by atoms with Crippen molar-refractivity contribution >= 4 is 35.4 Å². The molecule has 14 nitrogen and oxygen atoms in total. The Kier molecular flexibility index (Phi) is 13.4. The molecule has 0 bridgehead atoms. The van der Waals surface area contributed by atoms with Gasteiger partial charge < -0.3 is 35.5 Å². The van der Waals surface area contributed by atoms with Crippen molar-refractivity contribution in [3.05, 3.63) is 35.9 Å². The largest absolute Gasteiger partial charge is 0.462 e. The van der Waals surface area contributed by atoms with E-state index in [1.165, 1.54) is 6.92 Å². The molecule has 4 atom stereocenters. The Labute approximate surface area is 263 Å². The average Bonchev–Trinajstić information content (AvgIpc) is 3.76. The fourth-order valence-electron chi connectivity index (χ4n) is 4.65. The van der Waals surface area contributed by atoms with Gasteiger partial charge in [-0.3, -0.25) is 33.7 Å². The number of amides is 4. The van der Waals surface area contributed by atoms with Gasteiger partial charge in [-0.05, 0) is 24.8 Å². The maximum Gasteiger partial charge on any atom is 0.320 e. The summed E-state index contributed by atoms with van der Waals surface area (Å²) in [5.41, 5.74) is -0.129. The zero-order valence-corrected chi connectivity index (χ0v) is 26.4. The van der Waals surface area contributed by atoms with E-state index in [4.69, 9.17) is 14.2 Å². The highest BCUT2D eigenvalue weighted by Crippen LogP contribution is 2.26. The number of epoxide rings is 1. The lowest BCUT2D eigenvalue weighted by atomic mass is 10.0. The highest BCUT2D eigenvalue weighted by Gasteiger charge is 2.46. The van der Waals surface area contributed by atoms with Crippen molar-refractivity contribution in [1.82, 2.24) is 26.2 Å². The molecule has 0 aliphatic carbocycles. The number of rotatable bonds is 17. The average molecular weight is 632 g/mol. The van der Waals surface area contributed by atoms with Gasteiger partial charge in [0.05, 0.1) is 32.9 Å². The molecule has 2 saturated heterocycles. The van der Waals surface area contributed by atoms with Gasteiger partial charge in [0, 0.05) is 26.4 Å². The summed E-state index contributed by atoms with van der Waals surface area (Å²) in [7, 11) is 0. The van der Waals surface area contributed by atoms with Crippen molar-refractivity contribution in [2.75, 3.05) is 52.6 Å². The van der Waals surface area contributed by atoms with Gasteiger partial charge in [-0.25, -0.2) is 0 Å². The van der Waals surface area contributed by atoms with Gasteiger partial charge in [-0.1, -0.05) is 44.2 Å².